The van der Waals surface area contributed by atoms with Crippen LogP contribution in [0.3, 0.4) is 0 Å². The minimum atomic E-state index is -0.0912. The van der Waals surface area contributed by atoms with Crippen LogP contribution >= 0.6 is 22.9 Å². The van der Waals surface area contributed by atoms with Gasteiger partial charge in [0.1, 0.15) is 5.82 Å². The summed E-state index contributed by atoms with van der Waals surface area (Å²) in [5.41, 5.74) is 3.75. The SMILES string of the molecule is Cc1cc(C)cc(NC(=O)Cc2csc(Nc3ccc(Cl)cn3)n2)c1. The molecule has 2 aromatic heterocycles. The van der Waals surface area contributed by atoms with E-state index in [-0.39, 0.29) is 12.3 Å². The van der Waals surface area contributed by atoms with Crippen LogP contribution in [0.25, 0.3) is 0 Å². The Bertz CT molecular complexity index is 872. The van der Waals surface area contributed by atoms with Crippen molar-refractivity contribution >= 4 is 45.5 Å². The van der Waals surface area contributed by atoms with Gasteiger partial charge < -0.3 is 10.6 Å². The average molecular weight is 373 g/mol. The second-order valence-electron chi connectivity index (χ2n) is 5.73. The van der Waals surface area contributed by atoms with Crippen molar-refractivity contribution < 1.29 is 4.79 Å². The number of hydrogen-bond acceptors (Lipinski definition) is 5. The van der Waals surface area contributed by atoms with Crippen LogP contribution in [0.2, 0.25) is 5.02 Å². The van der Waals surface area contributed by atoms with E-state index in [0.29, 0.717) is 21.7 Å². The molecule has 7 heteroatoms. The predicted octanol–water partition coefficient (Wildman–Crippen LogP) is 4.73. The van der Waals surface area contributed by atoms with Crippen molar-refractivity contribution in [3.05, 3.63) is 63.8 Å². The zero-order valence-corrected chi connectivity index (χ0v) is 15.4. The molecule has 2 N–H and O–H groups in total. The molecule has 3 rings (SSSR count). The zero-order valence-electron chi connectivity index (χ0n) is 13.8. The molecular weight excluding hydrogens is 356 g/mol. The van der Waals surface area contributed by atoms with E-state index in [9.17, 15) is 4.79 Å². The highest BCUT2D eigenvalue weighted by Gasteiger charge is 2.09. The number of nitrogens with zero attached hydrogens (tertiary/aromatic N) is 2. The molecule has 0 fully saturated rings. The van der Waals surface area contributed by atoms with E-state index >= 15 is 0 Å². The molecule has 3 aromatic rings. The van der Waals surface area contributed by atoms with Crippen LogP contribution in [0.4, 0.5) is 16.6 Å². The third-order valence-corrected chi connectivity index (χ3v) is 4.39. The molecule has 0 aliphatic heterocycles. The minimum absolute atomic E-state index is 0.0912. The lowest BCUT2D eigenvalue weighted by Crippen LogP contribution is -2.14. The third-order valence-electron chi connectivity index (χ3n) is 3.36. The van der Waals surface area contributed by atoms with Gasteiger partial charge in [-0.25, -0.2) is 9.97 Å². The van der Waals surface area contributed by atoms with Crippen molar-refractivity contribution in [2.24, 2.45) is 0 Å². The molecule has 0 aliphatic rings. The number of pyridine rings is 1. The van der Waals surface area contributed by atoms with Crippen LogP contribution in [0, 0.1) is 13.8 Å². The number of carbonyl (C=O) groups excluding carboxylic acids is 1. The summed E-state index contributed by atoms with van der Waals surface area (Å²) in [6, 6.07) is 9.49. The number of amides is 1. The molecule has 0 spiro atoms. The number of anilines is 3. The molecule has 0 saturated carbocycles. The van der Waals surface area contributed by atoms with Crippen LogP contribution in [0.1, 0.15) is 16.8 Å². The first-order valence-electron chi connectivity index (χ1n) is 7.69. The van der Waals surface area contributed by atoms with Gasteiger partial charge in [-0.1, -0.05) is 17.7 Å². The van der Waals surface area contributed by atoms with Crippen molar-refractivity contribution in [3.63, 3.8) is 0 Å². The fourth-order valence-electron chi connectivity index (χ4n) is 2.42. The Morgan fingerprint density at radius 1 is 1.20 bits per heavy atom. The van der Waals surface area contributed by atoms with Crippen molar-refractivity contribution in [1.82, 2.24) is 9.97 Å². The molecule has 0 bridgehead atoms. The largest absolute Gasteiger partial charge is 0.326 e. The summed E-state index contributed by atoms with van der Waals surface area (Å²) in [6.07, 6.45) is 1.79. The number of halogens is 1. The van der Waals surface area contributed by atoms with Crippen LogP contribution < -0.4 is 10.6 Å². The fraction of sp³-hybridized carbons (Fsp3) is 0.167. The van der Waals surface area contributed by atoms with E-state index in [1.54, 1.807) is 18.3 Å². The molecule has 0 atom stereocenters. The summed E-state index contributed by atoms with van der Waals surface area (Å²) in [5, 5.41) is 9.13. The van der Waals surface area contributed by atoms with Gasteiger partial charge in [0, 0.05) is 17.3 Å². The van der Waals surface area contributed by atoms with Crippen LogP contribution in [-0.2, 0) is 11.2 Å². The maximum Gasteiger partial charge on any atom is 0.230 e. The molecule has 128 valence electrons. The Morgan fingerprint density at radius 3 is 2.64 bits per heavy atom. The van der Waals surface area contributed by atoms with Gasteiger partial charge >= 0.3 is 0 Å². The van der Waals surface area contributed by atoms with Gasteiger partial charge in [0.2, 0.25) is 5.91 Å². The first kappa shape index (κ1) is 17.4. The molecule has 1 aromatic carbocycles. The molecule has 0 unspecified atom stereocenters. The van der Waals surface area contributed by atoms with E-state index in [0.717, 1.165) is 16.8 Å². The summed E-state index contributed by atoms with van der Waals surface area (Å²) < 4.78 is 0. The molecular formula is C18H17ClN4OS. The van der Waals surface area contributed by atoms with Gasteiger partial charge in [0.15, 0.2) is 5.13 Å². The first-order valence-corrected chi connectivity index (χ1v) is 8.95. The third kappa shape index (κ3) is 5.01. The molecule has 0 saturated heterocycles. The van der Waals surface area contributed by atoms with Crippen LogP contribution in [0.15, 0.2) is 41.9 Å². The maximum absolute atomic E-state index is 12.2. The van der Waals surface area contributed by atoms with E-state index in [2.05, 4.69) is 26.7 Å². The molecule has 5 nitrogen and oxygen atoms in total. The highest BCUT2D eigenvalue weighted by molar-refractivity contribution is 7.13. The highest BCUT2D eigenvalue weighted by Crippen LogP contribution is 2.21. The number of aromatic nitrogens is 2. The monoisotopic (exact) mass is 372 g/mol. The number of thiazole rings is 1. The number of hydrogen-bond donors (Lipinski definition) is 2. The Balaban J connectivity index is 1.60. The summed E-state index contributed by atoms with van der Waals surface area (Å²) in [7, 11) is 0. The number of benzene rings is 1. The van der Waals surface area contributed by atoms with E-state index in [1.807, 2.05) is 31.4 Å². The number of aryl methyl sites for hydroxylation is 2. The van der Waals surface area contributed by atoms with Gasteiger partial charge in [0.25, 0.3) is 0 Å². The quantitative estimate of drug-likeness (QED) is 0.679. The molecule has 0 aliphatic carbocycles. The van der Waals surface area contributed by atoms with Gasteiger partial charge in [0.05, 0.1) is 17.1 Å². The minimum Gasteiger partial charge on any atom is -0.326 e. The van der Waals surface area contributed by atoms with Crippen molar-refractivity contribution in [3.8, 4) is 0 Å². The lowest BCUT2D eigenvalue weighted by Gasteiger charge is -2.06. The summed E-state index contributed by atoms with van der Waals surface area (Å²) >= 11 is 7.24. The van der Waals surface area contributed by atoms with Crippen molar-refractivity contribution in [2.75, 3.05) is 10.6 Å². The van der Waals surface area contributed by atoms with Gasteiger partial charge in [-0.05, 0) is 49.2 Å². The second-order valence-corrected chi connectivity index (χ2v) is 7.03. The number of rotatable bonds is 5. The summed E-state index contributed by atoms with van der Waals surface area (Å²) in [5.74, 6) is 0.566. The molecule has 1 amide bonds. The van der Waals surface area contributed by atoms with Crippen LogP contribution in [0.5, 0.6) is 0 Å². The molecule has 25 heavy (non-hydrogen) atoms. The number of nitrogens with one attached hydrogen (secondary N) is 2. The van der Waals surface area contributed by atoms with E-state index in [4.69, 9.17) is 11.6 Å². The number of carbonyl (C=O) groups is 1. The van der Waals surface area contributed by atoms with Gasteiger partial charge in [-0.2, -0.15) is 0 Å². The Hall–Kier alpha value is -2.44. The topological polar surface area (TPSA) is 66.9 Å². The summed E-state index contributed by atoms with van der Waals surface area (Å²) in [6.45, 7) is 4.01. The predicted molar refractivity (Wildman–Crippen MR) is 103 cm³/mol. The van der Waals surface area contributed by atoms with Crippen molar-refractivity contribution in [2.45, 2.75) is 20.3 Å². The smallest absolute Gasteiger partial charge is 0.230 e. The normalized spacial score (nSPS) is 10.5. The van der Waals surface area contributed by atoms with Gasteiger partial charge in [-0.3, -0.25) is 4.79 Å². The van der Waals surface area contributed by atoms with E-state index < -0.39 is 0 Å². The lowest BCUT2D eigenvalue weighted by molar-refractivity contribution is -0.115. The Morgan fingerprint density at radius 2 is 1.96 bits per heavy atom. The fourth-order valence-corrected chi connectivity index (χ4v) is 3.25. The standard InChI is InChI=1S/C18H17ClN4OS/c1-11-5-12(2)7-14(6-11)21-17(24)8-15-10-25-18(22-15)23-16-4-3-13(19)9-20-16/h3-7,9-10H,8H2,1-2H3,(H,21,24)(H,20,22,23). The highest BCUT2D eigenvalue weighted by atomic mass is 35.5. The zero-order chi connectivity index (χ0) is 17.8. The Kier molecular flexibility index (Phi) is 5.31. The maximum atomic E-state index is 12.2. The Labute approximate surface area is 155 Å². The lowest BCUT2D eigenvalue weighted by atomic mass is 10.1. The van der Waals surface area contributed by atoms with Crippen molar-refractivity contribution in [1.29, 1.82) is 0 Å². The molecule has 0 radical (unpaired) electrons. The average Bonchev–Trinajstić information content (AvgIpc) is 2.95. The summed E-state index contributed by atoms with van der Waals surface area (Å²) in [4.78, 5) is 20.8. The molecule has 2 heterocycles. The first-order chi connectivity index (χ1) is 12.0. The van der Waals surface area contributed by atoms with Crippen LogP contribution in [-0.4, -0.2) is 15.9 Å². The van der Waals surface area contributed by atoms with Gasteiger partial charge in [-0.15, -0.1) is 11.3 Å². The van der Waals surface area contributed by atoms with E-state index in [1.165, 1.54) is 11.3 Å². The second kappa shape index (κ2) is 7.63.